The summed E-state index contributed by atoms with van der Waals surface area (Å²) >= 11 is 5.56. The molecule has 0 unspecified atom stereocenters. The molecule has 0 bridgehead atoms. The van der Waals surface area contributed by atoms with Crippen LogP contribution in [0.5, 0.6) is 0 Å². The third-order valence-corrected chi connectivity index (χ3v) is 1.53. The number of halogens is 1. The van der Waals surface area contributed by atoms with Gasteiger partial charge in [0, 0.05) is 0 Å². The normalized spacial score (nSPS) is 11.6. The standard InChI is InChI=1S/C6H14BClN/c1-5(2)9(7-8)6(3)4/h5-6H,1-4H3. The summed E-state index contributed by atoms with van der Waals surface area (Å²) in [7, 11) is 0. The highest BCUT2D eigenvalue weighted by Gasteiger charge is 2.11. The molecule has 0 N–H and O–H groups in total. The second kappa shape index (κ2) is 4.18. The lowest BCUT2D eigenvalue weighted by Crippen LogP contribution is -2.37. The maximum atomic E-state index is 5.56. The van der Waals surface area contributed by atoms with Crippen molar-refractivity contribution in [1.82, 2.24) is 4.81 Å². The number of rotatable bonds is 3. The topological polar surface area (TPSA) is 3.24 Å². The van der Waals surface area contributed by atoms with Gasteiger partial charge in [-0.25, -0.2) is 0 Å². The molecule has 1 nitrogen and oxygen atoms in total. The van der Waals surface area contributed by atoms with Crippen LogP contribution in [0.15, 0.2) is 0 Å². The molecular formula is C6H14BClN. The molecule has 0 spiro atoms. The minimum Gasteiger partial charge on any atom is -0.328 e. The van der Waals surface area contributed by atoms with Gasteiger partial charge in [-0.2, -0.15) is 11.5 Å². The second-order valence-electron chi connectivity index (χ2n) is 2.73. The smallest absolute Gasteiger partial charge is 0.328 e. The fourth-order valence-corrected chi connectivity index (χ4v) is 1.27. The Morgan fingerprint density at radius 3 is 1.44 bits per heavy atom. The largest absolute Gasteiger partial charge is 0.335 e. The monoisotopic (exact) mass is 146 g/mol. The van der Waals surface area contributed by atoms with Crippen LogP contribution in [0.2, 0.25) is 0 Å². The Morgan fingerprint density at radius 2 is 1.44 bits per heavy atom. The minimum atomic E-state index is 0.502. The van der Waals surface area contributed by atoms with Crippen LogP contribution in [-0.2, 0) is 0 Å². The zero-order chi connectivity index (χ0) is 7.44. The van der Waals surface area contributed by atoms with Gasteiger partial charge in [0.05, 0.1) is 0 Å². The van der Waals surface area contributed by atoms with Crippen molar-refractivity contribution in [2.75, 3.05) is 0 Å². The van der Waals surface area contributed by atoms with Crippen LogP contribution < -0.4 is 0 Å². The Balaban J connectivity index is 3.68. The number of hydrogen-bond acceptors (Lipinski definition) is 1. The lowest BCUT2D eigenvalue weighted by molar-refractivity contribution is 0.317. The molecule has 53 valence electrons. The maximum absolute atomic E-state index is 5.56. The van der Waals surface area contributed by atoms with Gasteiger partial charge >= 0.3 is 6.83 Å². The lowest BCUT2D eigenvalue weighted by atomic mass is 10.1. The van der Waals surface area contributed by atoms with Crippen LogP contribution in [0.1, 0.15) is 27.7 Å². The van der Waals surface area contributed by atoms with E-state index in [1.165, 1.54) is 0 Å². The minimum absolute atomic E-state index is 0.502. The molecule has 0 aliphatic carbocycles. The van der Waals surface area contributed by atoms with Crippen molar-refractivity contribution in [3.63, 3.8) is 0 Å². The molecule has 1 radical (unpaired) electrons. The fourth-order valence-electron chi connectivity index (χ4n) is 0.822. The summed E-state index contributed by atoms with van der Waals surface area (Å²) < 4.78 is 0. The van der Waals surface area contributed by atoms with Crippen molar-refractivity contribution in [3.8, 4) is 0 Å². The van der Waals surface area contributed by atoms with Crippen molar-refractivity contribution in [2.45, 2.75) is 39.8 Å². The van der Waals surface area contributed by atoms with Crippen molar-refractivity contribution in [3.05, 3.63) is 0 Å². The molecule has 0 aromatic carbocycles. The van der Waals surface area contributed by atoms with E-state index in [4.69, 9.17) is 11.5 Å². The molecule has 3 heteroatoms. The van der Waals surface area contributed by atoms with Crippen LogP contribution in [-0.4, -0.2) is 23.7 Å². The van der Waals surface area contributed by atoms with Crippen molar-refractivity contribution in [1.29, 1.82) is 0 Å². The van der Waals surface area contributed by atoms with Crippen molar-refractivity contribution in [2.24, 2.45) is 0 Å². The molecule has 0 aliphatic heterocycles. The Kier molecular flexibility index (Phi) is 4.33. The summed E-state index contributed by atoms with van der Waals surface area (Å²) in [5, 5.41) is 0. The van der Waals surface area contributed by atoms with E-state index in [1.807, 2.05) is 0 Å². The SMILES string of the molecule is CC(C)N([B]Cl)C(C)C. The molecule has 0 saturated carbocycles. The number of hydrogen-bond donors (Lipinski definition) is 0. The molecule has 0 aromatic rings. The van der Waals surface area contributed by atoms with Crippen LogP contribution in [0.25, 0.3) is 0 Å². The van der Waals surface area contributed by atoms with Gasteiger partial charge in [-0.3, -0.25) is 0 Å². The van der Waals surface area contributed by atoms with Gasteiger partial charge in [-0.1, -0.05) is 27.7 Å². The van der Waals surface area contributed by atoms with E-state index < -0.39 is 0 Å². The van der Waals surface area contributed by atoms with Gasteiger partial charge in [0.25, 0.3) is 0 Å². The summed E-state index contributed by atoms with van der Waals surface area (Å²) in [6.45, 7) is 10.1. The molecular weight excluding hydrogens is 132 g/mol. The molecule has 0 atom stereocenters. The third-order valence-electron chi connectivity index (χ3n) is 1.31. The van der Waals surface area contributed by atoms with E-state index in [9.17, 15) is 0 Å². The van der Waals surface area contributed by atoms with E-state index in [0.29, 0.717) is 12.1 Å². The molecule has 0 fully saturated rings. The quantitative estimate of drug-likeness (QED) is 0.550. The third kappa shape index (κ3) is 3.12. The van der Waals surface area contributed by atoms with Crippen molar-refractivity contribution < 1.29 is 0 Å². The fraction of sp³-hybridized carbons (Fsp3) is 1.00. The first kappa shape index (κ1) is 9.31. The molecule has 0 saturated heterocycles. The summed E-state index contributed by atoms with van der Waals surface area (Å²) in [5.74, 6) is 0. The van der Waals surface area contributed by atoms with Gasteiger partial charge < -0.3 is 4.81 Å². The molecule has 0 aliphatic rings. The lowest BCUT2D eigenvalue weighted by Gasteiger charge is -2.27. The highest BCUT2D eigenvalue weighted by molar-refractivity contribution is 6.92. The van der Waals surface area contributed by atoms with Crippen LogP contribution >= 0.6 is 11.5 Å². The first-order chi connectivity index (χ1) is 4.09. The van der Waals surface area contributed by atoms with Crippen molar-refractivity contribution >= 4 is 18.3 Å². The zero-order valence-corrected chi connectivity index (χ0v) is 7.31. The van der Waals surface area contributed by atoms with Gasteiger partial charge in [-0.15, -0.1) is 0 Å². The molecule has 0 amide bonds. The summed E-state index contributed by atoms with van der Waals surface area (Å²) in [6, 6.07) is 1.00. The average molecular weight is 146 g/mol. The molecule has 9 heavy (non-hydrogen) atoms. The van der Waals surface area contributed by atoms with Gasteiger partial charge in [-0.05, 0) is 12.1 Å². The Bertz CT molecular complexity index is 67.5. The highest BCUT2D eigenvalue weighted by Crippen LogP contribution is 2.02. The summed E-state index contributed by atoms with van der Waals surface area (Å²) in [5.41, 5.74) is 0. The molecule has 0 aromatic heterocycles. The summed E-state index contributed by atoms with van der Waals surface area (Å²) in [6.07, 6.45) is 0. The van der Waals surface area contributed by atoms with E-state index in [1.54, 1.807) is 6.83 Å². The Hall–Kier alpha value is 0.315. The van der Waals surface area contributed by atoms with Gasteiger partial charge in [0.1, 0.15) is 0 Å². The molecule has 0 heterocycles. The van der Waals surface area contributed by atoms with Crippen LogP contribution in [0.4, 0.5) is 0 Å². The second-order valence-corrected chi connectivity index (χ2v) is 2.93. The Labute approximate surface area is 63.6 Å². The first-order valence-electron chi connectivity index (χ1n) is 3.30. The zero-order valence-electron chi connectivity index (χ0n) is 6.56. The Morgan fingerprint density at radius 1 is 1.11 bits per heavy atom. The summed E-state index contributed by atoms with van der Waals surface area (Å²) in [4.78, 5) is 2.10. The number of nitrogens with zero attached hydrogens (tertiary/aromatic N) is 1. The maximum Gasteiger partial charge on any atom is 0.335 e. The predicted octanol–water partition coefficient (Wildman–Crippen LogP) is 1.88. The van der Waals surface area contributed by atoms with E-state index in [0.717, 1.165) is 0 Å². The van der Waals surface area contributed by atoms with Gasteiger partial charge in [0.15, 0.2) is 0 Å². The van der Waals surface area contributed by atoms with E-state index in [2.05, 4.69) is 32.5 Å². The van der Waals surface area contributed by atoms with Crippen LogP contribution in [0.3, 0.4) is 0 Å². The first-order valence-corrected chi connectivity index (χ1v) is 3.74. The van der Waals surface area contributed by atoms with Gasteiger partial charge in [0.2, 0.25) is 0 Å². The average Bonchev–Trinajstić information content (AvgIpc) is 1.64. The van der Waals surface area contributed by atoms with E-state index in [-0.39, 0.29) is 0 Å². The highest BCUT2D eigenvalue weighted by atomic mass is 35.5. The predicted molar refractivity (Wildman–Crippen MR) is 43.7 cm³/mol. The van der Waals surface area contributed by atoms with E-state index >= 15 is 0 Å². The van der Waals surface area contributed by atoms with Crippen LogP contribution in [0, 0.1) is 0 Å². The molecule has 0 rings (SSSR count).